The van der Waals surface area contributed by atoms with Crippen LogP contribution < -0.4 is 27.8 Å². The fourth-order valence-corrected chi connectivity index (χ4v) is 7.25. The molecule has 0 atom stereocenters. The number of carboxylic acids is 1. The molecule has 15 nitrogen and oxygen atoms in total. The van der Waals surface area contributed by atoms with Crippen LogP contribution in [0.15, 0.2) is 100 Å². The van der Waals surface area contributed by atoms with Gasteiger partial charge in [0.25, 0.3) is 27.9 Å². The van der Waals surface area contributed by atoms with Crippen molar-refractivity contribution < 1.29 is 85.2 Å². The summed E-state index contributed by atoms with van der Waals surface area (Å²) >= 11 is 5.54. The van der Waals surface area contributed by atoms with Crippen LogP contribution in [0, 0.1) is 6.57 Å². The van der Waals surface area contributed by atoms with E-state index in [0.717, 1.165) is 51.7 Å². The van der Waals surface area contributed by atoms with Crippen LogP contribution in [0.1, 0.15) is 38.2 Å². The summed E-state index contributed by atoms with van der Waals surface area (Å²) in [6.45, 7) is 20.1. The third kappa shape index (κ3) is 25.6. The minimum absolute atomic E-state index is 0.124. The molecule has 432 valence electrons. The quantitative estimate of drug-likeness (QED) is 0.0429. The highest BCUT2D eigenvalue weighted by atomic mass is 79.9. The van der Waals surface area contributed by atoms with Crippen molar-refractivity contribution in [3.8, 4) is 0 Å². The molecular weight excluding hydrogens is 1260 g/mol. The fraction of sp³-hybridized carbons (Fsp3) is 0.386. The van der Waals surface area contributed by atoms with Crippen molar-refractivity contribution in [2.45, 2.75) is 95.7 Å². The molecule has 5 aromatic heterocycles. The molecule has 0 aromatic carbocycles. The number of pyridine rings is 5. The summed E-state index contributed by atoms with van der Waals surface area (Å²) in [4.78, 5) is 73.9. The Kier molecular flexibility index (Phi) is 25.8. The van der Waals surface area contributed by atoms with Crippen LogP contribution in [0.5, 0.6) is 0 Å². The van der Waals surface area contributed by atoms with Gasteiger partial charge in [0.05, 0.1) is 43.3 Å². The molecule has 5 heterocycles. The van der Waals surface area contributed by atoms with Crippen molar-refractivity contribution in [2.75, 3.05) is 13.2 Å². The van der Waals surface area contributed by atoms with E-state index in [-0.39, 0.29) is 22.4 Å². The van der Waals surface area contributed by atoms with Gasteiger partial charge < -0.3 is 29.5 Å². The van der Waals surface area contributed by atoms with E-state index >= 15 is 0 Å². The molecule has 5 rings (SSSR count). The topological polar surface area (TPSA) is 203 Å². The number of hydrogen-bond donors (Lipinski definition) is 4. The second kappa shape index (κ2) is 28.7. The van der Waals surface area contributed by atoms with E-state index < -0.39 is 120 Å². The maximum atomic E-state index is 12.7. The van der Waals surface area contributed by atoms with Gasteiger partial charge in [-0.1, -0.05) is 39.3 Å². The first kappa shape index (κ1) is 70.0. The van der Waals surface area contributed by atoms with Crippen LogP contribution in [0.25, 0.3) is 4.85 Å². The van der Waals surface area contributed by atoms with Crippen LogP contribution in [-0.4, -0.2) is 64.5 Å². The molecule has 0 saturated heterocycles. The Morgan fingerprint density at radius 3 is 1.32 bits per heavy atom. The Morgan fingerprint density at radius 1 is 0.564 bits per heavy atom. The Morgan fingerprint density at radius 2 is 0.949 bits per heavy atom. The molecular formula is C44H45Br2F15N6O9Si2. The van der Waals surface area contributed by atoms with E-state index in [9.17, 15) is 94.6 Å². The lowest BCUT2D eigenvalue weighted by molar-refractivity contribution is -0.139. The normalized spacial score (nSPS) is 12.0. The van der Waals surface area contributed by atoms with E-state index in [1.807, 2.05) is 9.97 Å². The fourth-order valence-electron chi connectivity index (χ4n) is 4.90. The number of alkyl halides is 15. The standard InChI is InChI=1S/C13H17F3N2O2Si.C12H17BrF3NO2Si.C7H4F3NO3.C6H3BrF3NO.C6H4F3NO/c1-17-11-7-10(13(14,15)16)8-18(12(11)19)9-20-5-6-21(2,3)4;1-20(2,3)5-4-19-8-17-7-9(12(14,15)16)6-10(13)11(17)18;8-7(9,10)3-1-4(6(13)14)5(12)11-2-3;7-4-1-3(6(8,9)10)2-11-5(4)12;7-6(8,9)4-1-2-5(11)10-3-4/h7-8H,5-6,9H2,2-4H3;6-7H,4-5,8H2,1-3H3;1-2H,(H,11,12)(H,13,14);1-2H,(H,11,12);1-3H,(H,10,11). The number of ether oxygens (including phenoxy) is 2. The van der Waals surface area contributed by atoms with Crippen molar-refractivity contribution in [1.29, 1.82) is 0 Å². The molecule has 0 radical (unpaired) electrons. The number of halogens is 17. The number of carboxylic acid groups (broad SMARTS) is 1. The highest BCUT2D eigenvalue weighted by Gasteiger charge is 2.35. The zero-order chi connectivity index (χ0) is 60.6. The number of H-pyrrole nitrogens is 3. The first-order valence-electron chi connectivity index (χ1n) is 21.3. The molecule has 0 bridgehead atoms. The smallest absolute Gasteiger partial charge is 0.417 e. The second-order valence-electron chi connectivity index (χ2n) is 18.0. The number of rotatable bonds is 11. The summed E-state index contributed by atoms with van der Waals surface area (Å²) in [5.41, 5.74) is -9.82. The third-order valence-corrected chi connectivity index (χ3v) is 13.7. The van der Waals surface area contributed by atoms with Crippen LogP contribution in [0.3, 0.4) is 0 Å². The highest BCUT2D eigenvalue weighted by molar-refractivity contribution is 9.10. The van der Waals surface area contributed by atoms with Crippen molar-refractivity contribution in [3.63, 3.8) is 0 Å². The predicted octanol–water partition coefficient (Wildman–Crippen LogP) is 12.3. The molecule has 34 heteroatoms. The molecule has 4 N–H and O–H groups in total. The molecule has 0 unspecified atom stereocenters. The molecule has 0 fully saturated rings. The van der Waals surface area contributed by atoms with Gasteiger partial charge in [0.1, 0.15) is 19.0 Å². The lowest BCUT2D eigenvalue weighted by Gasteiger charge is -2.16. The average Bonchev–Trinajstić information content (AvgIpc) is 3.28. The van der Waals surface area contributed by atoms with Gasteiger partial charge in [-0.3, -0.25) is 33.1 Å². The van der Waals surface area contributed by atoms with Gasteiger partial charge in [-0.05, 0) is 74.3 Å². The van der Waals surface area contributed by atoms with Gasteiger partial charge in [0.15, 0.2) is 0 Å². The van der Waals surface area contributed by atoms with Gasteiger partial charge in [-0.25, -0.2) is 9.64 Å². The summed E-state index contributed by atoms with van der Waals surface area (Å²) < 4.78 is 196. The third-order valence-electron chi connectivity index (χ3n) is 9.10. The number of aromatic carboxylic acids is 1. The Balaban J connectivity index is 0.000000498. The first-order chi connectivity index (χ1) is 35.3. The zero-order valence-corrected chi connectivity index (χ0v) is 46.2. The van der Waals surface area contributed by atoms with Gasteiger partial charge in [0.2, 0.25) is 5.56 Å². The SMILES string of the molecule is C[Si](C)(C)CCOCn1cc(C(F)(F)F)cc(Br)c1=O.O=C(O)c1cc(C(F)(F)F)c[nH]c1=O.O=c1[nH]cc(C(F)(F)F)cc1Br.O=c1ccc(C(F)(F)F)c[nH]1.[C-]#[N+]c1cc(C(F)(F)F)cn(COCC[Si](C)(C)C)c1=O. The van der Waals surface area contributed by atoms with Crippen molar-refractivity contribution in [1.82, 2.24) is 24.1 Å². The van der Waals surface area contributed by atoms with E-state index in [1.165, 1.54) is 0 Å². The molecule has 0 amide bonds. The Hall–Kier alpha value is -6.03. The van der Waals surface area contributed by atoms with E-state index in [1.54, 1.807) is 4.98 Å². The summed E-state index contributed by atoms with van der Waals surface area (Å²) in [6.07, 6.45) is -19.4. The van der Waals surface area contributed by atoms with Crippen molar-refractivity contribution >= 4 is 59.7 Å². The number of aromatic nitrogens is 5. The molecule has 0 aliphatic carbocycles. The van der Waals surface area contributed by atoms with Crippen LogP contribution in [0.4, 0.5) is 71.5 Å². The minimum Gasteiger partial charge on any atom is -0.477 e. The monoisotopic (exact) mass is 1300 g/mol. The summed E-state index contributed by atoms with van der Waals surface area (Å²) in [6, 6.07) is 5.68. The summed E-state index contributed by atoms with van der Waals surface area (Å²) in [5, 5.41) is 8.37. The number of hydrogen-bond acceptors (Lipinski definition) is 8. The zero-order valence-electron chi connectivity index (χ0n) is 41.1. The number of nitrogens with one attached hydrogen (secondary N) is 3. The average molecular weight is 1300 g/mol. The molecule has 0 aliphatic rings. The molecule has 5 aromatic rings. The van der Waals surface area contributed by atoms with Gasteiger partial charge in [-0.2, -0.15) is 65.9 Å². The molecule has 78 heavy (non-hydrogen) atoms. The second-order valence-corrected chi connectivity index (χ2v) is 30.9. The molecule has 0 aliphatic heterocycles. The van der Waals surface area contributed by atoms with Gasteiger partial charge in [0, 0.05) is 66.4 Å². The van der Waals surface area contributed by atoms with E-state index in [4.69, 9.17) is 21.2 Å². The summed E-state index contributed by atoms with van der Waals surface area (Å²) in [7, 11) is -2.57. The Bertz CT molecular complexity index is 3130. The minimum atomic E-state index is -4.67. The van der Waals surface area contributed by atoms with Crippen LogP contribution >= 0.6 is 31.9 Å². The number of aromatic amines is 3. The number of nitrogens with zero attached hydrogens (tertiary/aromatic N) is 3. The van der Waals surface area contributed by atoms with Crippen LogP contribution in [-0.2, 0) is 53.8 Å². The van der Waals surface area contributed by atoms with Gasteiger partial charge >= 0.3 is 36.9 Å². The molecule has 0 saturated carbocycles. The van der Waals surface area contributed by atoms with Crippen molar-refractivity contribution in [3.05, 3.63) is 173 Å². The lowest BCUT2D eigenvalue weighted by atomic mass is 10.2. The molecule has 0 spiro atoms. The van der Waals surface area contributed by atoms with E-state index in [0.29, 0.717) is 50.1 Å². The highest BCUT2D eigenvalue weighted by Crippen LogP contribution is 2.33. The van der Waals surface area contributed by atoms with Gasteiger partial charge in [-0.15, -0.1) is 0 Å². The lowest BCUT2D eigenvalue weighted by Crippen LogP contribution is -2.26. The summed E-state index contributed by atoms with van der Waals surface area (Å²) in [5.74, 6) is -1.70. The van der Waals surface area contributed by atoms with Crippen LogP contribution in [0.2, 0.25) is 51.4 Å². The Labute approximate surface area is 449 Å². The number of carbonyl (C=O) groups is 1. The van der Waals surface area contributed by atoms with Crippen molar-refractivity contribution in [2.24, 2.45) is 0 Å². The maximum Gasteiger partial charge on any atom is 0.417 e. The maximum absolute atomic E-state index is 12.7. The largest absolute Gasteiger partial charge is 0.477 e. The van der Waals surface area contributed by atoms with E-state index in [2.05, 4.69) is 76.0 Å². The predicted molar refractivity (Wildman–Crippen MR) is 264 cm³/mol. The first-order valence-corrected chi connectivity index (χ1v) is 30.3.